The Labute approximate surface area is 345 Å². The molecule has 0 amide bonds. The van der Waals surface area contributed by atoms with Crippen LogP contribution in [0.2, 0.25) is 0 Å². The smallest absolute Gasteiger partial charge is 0.000753 e. The second kappa shape index (κ2) is 22.5. The minimum Gasteiger partial charge on any atom is -0.0622 e. The Balaban J connectivity index is 0.000000207. The molecular weight excluding hydrogens is 830 g/mol. The first-order valence-corrected chi connectivity index (χ1v) is 24.9. The van der Waals surface area contributed by atoms with Gasteiger partial charge in [-0.25, -0.2) is 0 Å². The molecule has 5 heteroatoms. The molecule has 0 aromatic heterocycles. The molecule has 8 rings (SSSR count). The van der Waals surface area contributed by atoms with E-state index in [-0.39, 0.29) is 0 Å². The fraction of sp³-hybridized carbons (Fsp3) is 0.0400. The van der Waals surface area contributed by atoms with Crippen molar-refractivity contribution in [1.82, 2.24) is 0 Å². The number of benzene rings is 8. The van der Waals surface area contributed by atoms with Gasteiger partial charge in [0.2, 0.25) is 0 Å². The van der Waals surface area contributed by atoms with Crippen molar-refractivity contribution in [1.29, 1.82) is 0 Å². The average Bonchev–Trinajstić information content (AvgIpc) is 3.28. The number of halogens is 1. The number of rotatable bonds is 11. The van der Waals surface area contributed by atoms with Gasteiger partial charge < -0.3 is 0 Å². The Kier molecular flexibility index (Phi) is 16.6. The van der Waals surface area contributed by atoms with E-state index in [0.717, 1.165) is 12.3 Å². The molecule has 0 fully saturated rings. The molecule has 0 spiro atoms. The summed E-state index contributed by atoms with van der Waals surface area (Å²) >= 11 is 1.82. The van der Waals surface area contributed by atoms with Crippen LogP contribution in [0, 0.1) is 0 Å². The van der Waals surface area contributed by atoms with Crippen LogP contribution in [0.15, 0.2) is 237 Å². The van der Waals surface area contributed by atoms with Crippen molar-refractivity contribution >= 4 is 70.6 Å². The van der Waals surface area contributed by atoms with Gasteiger partial charge in [0.1, 0.15) is 0 Å². The molecule has 0 unspecified atom stereocenters. The molecule has 8 aromatic rings. The molecular formula is C50H43ClP3Ru. The molecule has 0 atom stereocenters. The summed E-state index contributed by atoms with van der Waals surface area (Å²) in [6.45, 7) is 0. The summed E-state index contributed by atoms with van der Waals surface area (Å²) in [6.07, 6.45) is 2.12. The van der Waals surface area contributed by atoms with E-state index in [1.807, 2.05) is 17.3 Å². The van der Waals surface area contributed by atoms with E-state index in [1.165, 1.54) is 48.3 Å². The van der Waals surface area contributed by atoms with Gasteiger partial charge in [0.05, 0.1) is 0 Å². The van der Waals surface area contributed by atoms with Crippen LogP contribution in [-0.2, 0) is 29.6 Å². The molecule has 0 saturated carbocycles. The Morgan fingerprint density at radius 3 is 0.727 bits per heavy atom. The molecule has 0 bridgehead atoms. The van der Waals surface area contributed by atoms with Crippen LogP contribution >= 0.6 is 33.5 Å². The van der Waals surface area contributed by atoms with Crippen molar-refractivity contribution < 1.29 is 17.3 Å². The summed E-state index contributed by atoms with van der Waals surface area (Å²) in [6, 6.07) is 85.6. The molecule has 0 aliphatic heterocycles. The zero-order valence-electron chi connectivity index (χ0n) is 30.5. The van der Waals surface area contributed by atoms with Gasteiger partial charge in [-0.1, -0.05) is 237 Å². The second-order valence-corrected chi connectivity index (χ2v) is 19.3. The van der Waals surface area contributed by atoms with Crippen LogP contribution in [0.3, 0.4) is 0 Å². The van der Waals surface area contributed by atoms with Crippen molar-refractivity contribution in [2.45, 2.75) is 12.3 Å². The maximum atomic E-state index is 4.57. The standard InChI is InChI=1S/C32H28P2.C18H15P.ClH.Ru/c1-5-16-29(17-6-1)33(30-18-7-2-8-19-30)25-27-14-13-15-28(24-27)26-34(31-20-9-3-10-21-31)32-22-11-4-12-23-32;1-4-10-16(11-5-1)19(17-12-6-2-7-13-17)18-14-8-3-9-15-18;;/h1-24H,25-26H2;1-15H;1H;/q;;;+1/p-1. The van der Waals surface area contributed by atoms with E-state index in [4.69, 9.17) is 0 Å². The summed E-state index contributed by atoms with van der Waals surface area (Å²) < 4.78 is 0. The molecule has 0 N–H and O–H groups in total. The summed E-state index contributed by atoms with van der Waals surface area (Å²) in [5.74, 6) is 0. The van der Waals surface area contributed by atoms with Crippen LogP contribution in [0.25, 0.3) is 0 Å². The molecule has 55 heavy (non-hydrogen) atoms. The van der Waals surface area contributed by atoms with E-state index >= 15 is 0 Å². The van der Waals surface area contributed by atoms with Crippen LogP contribution in [0.1, 0.15) is 11.1 Å². The zero-order valence-corrected chi connectivity index (χ0v) is 35.7. The van der Waals surface area contributed by atoms with E-state index in [0.29, 0.717) is 0 Å². The first kappa shape index (κ1) is 40.6. The first-order valence-electron chi connectivity index (χ1n) is 18.2. The Morgan fingerprint density at radius 2 is 0.491 bits per heavy atom. The van der Waals surface area contributed by atoms with E-state index in [2.05, 4.69) is 246 Å². The average molecular weight is 873 g/mol. The summed E-state index contributed by atoms with van der Waals surface area (Å²) in [5, 5.41) is 9.93. The maximum absolute atomic E-state index is 4.57. The minimum atomic E-state index is -0.446. The second-order valence-electron chi connectivity index (χ2n) is 12.7. The van der Waals surface area contributed by atoms with Gasteiger partial charge >= 0.3 is 27.0 Å². The largest absolute Gasteiger partial charge is 0.0622 e. The fourth-order valence-corrected chi connectivity index (χ4v) is 13.3. The molecule has 8 aromatic carbocycles. The van der Waals surface area contributed by atoms with Crippen molar-refractivity contribution in [2.75, 3.05) is 0 Å². The molecule has 0 aliphatic carbocycles. The van der Waals surface area contributed by atoms with E-state index < -0.39 is 23.8 Å². The molecule has 0 heterocycles. The third kappa shape index (κ3) is 12.0. The van der Waals surface area contributed by atoms with Crippen LogP contribution in [0.5, 0.6) is 0 Å². The Hall–Kier alpha value is -4.04. The predicted molar refractivity (Wildman–Crippen MR) is 243 cm³/mol. The third-order valence-electron chi connectivity index (χ3n) is 8.99. The van der Waals surface area contributed by atoms with Gasteiger partial charge in [-0.05, 0) is 72.0 Å². The molecule has 0 radical (unpaired) electrons. The molecule has 0 saturated heterocycles. The molecule has 273 valence electrons. The SMILES string of the molecule is [Cl][Ru].c1ccc(P(Cc2cccc(CP(c3ccccc3)c3ccccc3)c2)c2ccccc2)cc1.c1ccc(P(c2ccccc2)c2ccccc2)cc1. The normalized spacial score (nSPS) is 10.6. The molecule has 0 nitrogen and oxygen atoms in total. The quantitative estimate of drug-likeness (QED) is 0.0897. The van der Waals surface area contributed by atoms with Gasteiger partial charge in [-0.15, -0.1) is 0 Å². The number of hydrogen-bond acceptors (Lipinski definition) is 0. The molecule has 0 aliphatic rings. The maximum Gasteiger partial charge on any atom is 0.000753 e. The minimum absolute atomic E-state index is 0.442. The Bertz CT molecular complexity index is 1950. The van der Waals surface area contributed by atoms with Crippen molar-refractivity contribution in [3.05, 3.63) is 248 Å². The predicted octanol–water partition coefficient (Wildman–Crippen LogP) is 11.1. The fourth-order valence-electron chi connectivity index (χ4n) is 6.46. The summed E-state index contributed by atoms with van der Waals surface area (Å²) in [4.78, 5) is 0. The van der Waals surface area contributed by atoms with Crippen LogP contribution < -0.4 is 37.1 Å². The monoisotopic (exact) mass is 873 g/mol. The van der Waals surface area contributed by atoms with Gasteiger partial charge in [0.25, 0.3) is 0 Å². The third-order valence-corrected chi connectivity index (χ3v) is 16.5. The number of hydrogen-bond donors (Lipinski definition) is 0. The van der Waals surface area contributed by atoms with Gasteiger partial charge in [0, 0.05) is 12.3 Å². The topological polar surface area (TPSA) is 0 Å². The summed E-state index contributed by atoms with van der Waals surface area (Å²) in [5.41, 5.74) is 2.85. The Morgan fingerprint density at radius 1 is 0.273 bits per heavy atom. The van der Waals surface area contributed by atoms with Gasteiger partial charge in [0.15, 0.2) is 0 Å². The van der Waals surface area contributed by atoms with Crippen LogP contribution in [-0.4, -0.2) is 0 Å². The van der Waals surface area contributed by atoms with Gasteiger partial charge in [-0.2, -0.15) is 0 Å². The van der Waals surface area contributed by atoms with E-state index in [1.54, 1.807) is 0 Å². The van der Waals surface area contributed by atoms with Gasteiger partial charge in [-0.3, -0.25) is 0 Å². The van der Waals surface area contributed by atoms with Crippen molar-refractivity contribution in [3.63, 3.8) is 0 Å². The summed E-state index contributed by atoms with van der Waals surface area (Å²) in [7, 11) is 3.24. The van der Waals surface area contributed by atoms with Crippen molar-refractivity contribution in [3.8, 4) is 0 Å². The van der Waals surface area contributed by atoms with Crippen molar-refractivity contribution in [2.24, 2.45) is 0 Å². The first-order chi connectivity index (χ1) is 27.3. The zero-order chi connectivity index (χ0) is 37.9. The van der Waals surface area contributed by atoms with Crippen LogP contribution in [0.4, 0.5) is 0 Å². The van der Waals surface area contributed by atoms with E-state index in [9.17, 15) is 0 Å².